The summed E-state index contributed by atoms with van der Waals surface area (Å²) in [4.78, 5) is 12.0. The fourth-order valence-corrected chi connectivity index (χ4v) is 1.20. The van der Waals surface area contributed by atoms with Crippen LogP contribution in [0.4, 0.5) is 0 Å². The van der Waals surface area contributed by atoms with Crippen LogP contribution in [0, 0.1) is 0 Å². The number of hydrogen-bond donors (Lipinski definition) is 2. The zero-order valence-electron chi connectivity index (χ0n) is 6.60. The van der Waals surface area contributed by atoms with E-state index in [-0.39, 0.29) is 37.4 Å². The highest BCUT2D eigenvalue weighted by molar-refractivity contribution is 5.85. The average Bonchev–Trinajstić information content (AvgIpc) is 2.13. The number of hydrogen-bond acceptors (Lipinski definition) is 3. The van der Waals surface area contributed by atoms with Crippen molar-refractivity contribution in [2.45, 2.75) is 12.5 Å². The monoisotopic (exact) mass is 216 g/mol. The van der Waals surface area contributed by atoms with Gasteiger partial charge in [0.15, 0.2) is 0 Å². The van der Waals surface area contributed by atoms with Gasteiger partial charge in [0.1, 0.15) is 0 Å². The van der Waals surface area contributed by atoms with Crippen LogP contribution in [-0.4, -0.2) is 41.7 Å². The number of nitrogens with two attached hydrogens (primary N) is 1. The minimum absolute atomic E-state index is 0. The van der Waals surface area contributed by atoms with Crippen LogP contribution in [0.25, 0.3) is 0 Å². The van der Waals surface area contributed by atoms with Gasteiger partial charge >= 0.3 is 5.97 Å². The van der Waals surface area contributed by atoms with Crippen LogP contribution < -0.4 is 5.73 Å². The summed E-state index contributed by atoms with van der Waals surface area (Å²) in [6.45, 7) is 1.69. The van der Waals surface area contributed by atoms with Crippen molar-refractivity contribution in [2.75, 3.05) is 19.6 Å². The number of carboxylic acid groups (broad SMARTS) is 1. The van der Waals surface area contributed by atoms with E-state index in [9.17, 15) is 4.79 Å². The highest BCUT2D eigenvalue weighted by Crippen LogP contribution is 2.05. The molecule has 0 aromatic rings. The standard InChI is InChI=1S/C6H12N2O2.2ClH/c7-5-1-2-8(3-5)4-6(9)10;;/h5H,1-4,7H2,(H,9,10);2*1H/t5-;;/m1../s1. The molecule has 0 amide bonds. The number of likely N-dealkylation sites (tertiary alicyclic amines) is 1. The van der Waals surface area contributed by atoms with Gasteiger partial charge in [-0.1, -0.05) is 0 Å². The van der Waals surface area contributed by atoms with E-state index in [1.54, 1.807) is 0 Å². The maximum absolute atomic E-state index is 10.2. The zero-order valence-corrected chi connectivity index (χ0v) is 8.24. The summed E-state index contributed by atoms with van der Waals surface area (Å²) in [6, 6.07) is 0.180. The first-order chi connectivity index (χ1) is 4.68. The molecule has 1 fully saturated rings. The fraction of sp³-hybridized carbons (Fsp3) is 0.833. The number of aliphatic carboxylic acids is 1. The van der Waals surface area contributed by atoms with Gasteiger partial charge in [-0.05, 0) is 6.42 Å². The maximum atomic E-state index is 10.2. The highest BCUT2D eigenvalue weighted by Gasteiger charge is 2.20. The third-order valence-electron chi connectivity index (χ3n) is 1.67. The van der Waals surface area contributed by atoms with Crippen molar-refractivity contribution in [1.29, 1.82) is 0 Å². The van der Waals surface area contributed by atoms with Crippen molar-refractivity contribution in [3.8, 4) is 0 Å². The predicted molar refractivity (Wildman–Crippen MR) is 51.2 cm³/mol. The zero-order chi connectivity index (χ0) is 7.56. The van der Waals surface area contributed by atoms with E-state index in [4.69, 9.17) is 10.8 Å². The van der Waals surface area contributed by atoms with Crippen LogP contribution >= 0.6 is 24.8 Å². The summed E-state index contributed by atoms with van der Waals surface area (Å²) in [5, 5.41) is 8.38. The maximum Gasteiger partial charge on any atom is 0.317 e. The third kappa shape index (κ3) is 4.77. The first-order valence-corrected chi connectivity index (χ1v) is 3.38. The van der Waals surface area contributed by atoms with E-state index in [0.717, 1.165) is 19.5 Å². The van der Waals surface area contributed by atoms with Crippen molar-refractivity contribution in [3.05, 3.63) is 0 Å². The molecular formula is C6H14Cl2N2O2. The highest BCUT2D eigenvalue weighted by atomic mass is 35.5. The Hall–Kier alpha value is -0.0300. The molecule has 0 aromatic heterocycles. The molecule has 12 heavy (non-hydrogen) atoms. The van der Waals surface area contributed by atoms with Gasteiger partial charge in [0.25, 0.3) is 0 Å². The lowest BCUT2D eigenvalue weighted by molar-refractivity contribution is -0.138. The minimum atomic E-state index is -0.769. The van der Waals surface area contributed by atoms with E-state index in [1.807, 2.05) is 4.90 Å². The second-order valence-corrected chi connectivity index (χ2v) is 2.68. The molecule has 0 saturated carbocycles. The van der Waals surface area contributed by atoms with Gasteiger partial charge in [-0.15, -0.1) is 24.8 Å². The molecule has 1 atom stereocenters. The van der Waals surface area contributed by atoms with Gasteiger partial charge in [-0.2, -0.15) is 0 Å². The Morgan fingerprint density at radius 2 is 2.17 bits per heavy atom. The topological polar surface area (TPSA) is 66.6 Å². The predicted octanol–water partition coefficient (Wildman–Crippen LogP) is -0.0524. The molecule has 0 aliphatic carbocycles. The molecule has 3 N–H and O–H groups in total. The third-order valence-corrected chi connectivity index (χ3v) is 1.67. The van der Waals surface area contributed by atoms with Crippen molar-refractivity contribution < 1.29 is 9.90 Å². The molecule has 1 heterocycles. The lowest BCUT2D eigenvalue weighted by atomic mass is 10.3. The van der Waals surface area contributed by atoms with Crippen LogP contribution in [0.15, 0.2) is 0 Å². The first kappa shape index (κ1) is 14.5. The molecule has 1 aliphatic heterocycles. The molecule has 0 spiro atoms. The fourth-order valence-electron chi connectivity index (χ4n) is 1.20. The van der Waals surface area contributed by atoms with Gasteiger partial charge in [-0.3, -0.25) is 9.69 Å². The Bertz CT molecular complexity index is 146. The van der Waals surface area contributed by atoms with Crippen molar-refractivity contribution in [2.24, 2.45) is 5.73 Å². The van der Waals surface area contributed by atoms with Crippen LogP contribution in [0.1, 0.15) is 6.42 Å². The Labute approximate surface area is 83.9 Å². The molecule has 0 unspecified atom stereocenters. The lowest BCUT2D eigenvalue weighted by Gasteiger charge is -2.10. The molecule has 0 aromatic carbocycles. The summed E-state index contributed by atoms with van der Waals surface area (Å²) in [7, 11) is 0. The Morgan fingerprint density at radius 3 is 2.50 bits per heavy atom. The van der Waals surface area contributed by atoms with Gasteiger partial charge < -0.3 is 10.8 Å². The van der Waals surface area contributed by atoms with Gasteiger partial charge in [-0.25, -0.2) is 0 Å². The van der Waals surface area contributed by atoms with Crippen LogP contribution in [0.5, 0.6) is 0 Å². The smallest absolute Gasteiger partial charge is 0.317 e. The van der Waals surface area contributed by atoms with Crippen molar-refractivity contribution >= 4 is 30.8 Å². The molecule has 1 rings (SSSR count). The minimum Gasteiger partial charge on any atom is -0.480 e. The summed E-state index contributed by atoms with van der Waals surface area (Å²) >= 11 is 0. The summed E-state index contributed by atoms with van der Waals surface area (Å²) in [5.41, 5.74) is 5.57. The van der Waals surface area contributed by atoms with Crippen LogP contribution in [0.3, 0.4) is 0 Å². The normalized spacial score (nSPS) is 22.6. The SMILES string of the molecule is Cl.Cl.N[C@@H]1CCN(CC(=O)O)C1. The number of nitrogens with zero attached hydrogens (tertiary/aromatic N) is 1. The van der Waals surface area contributed by atoms with Crippen molar-refractivity contribution in [1.82, 2.24) is 4.90 Å². The molecule has 1 saturated heterocycles. The molecule has 0 bridgehead atoms. The van der Waals surface area contributed by atoms with E-state index in [1.165, 1.54) is 0 Å². The van der Waals surface area contributed by atoms with Gasteiger partial charge in [0.2, 0.25) is 0 Å². The molecule has 4 nitrogen and oxygen atoms in total. The number of carbonyl (C=O) groups is 1. The Morgan fingerprint density at radius 1 is 1.58 bits per heavy atom. The second kappa shape index (κ2) is 6.48. The number of halogens is 2. The van der Waals surface area contributed by atoms with Gasteiger partial charge in [0.05, 0.1) is 6.54 Å². The van der Waals surface area contributed by atoms with Crippen LogP contribution in [0.2, 0.25) is 0 Å². The molecule has 1 aliphatic rings. The average molecular weight is 217 g/mol. The molecule has 0 radical (unpaired) electrons. The molecule has 6 heteroatoms. The summed E-state index contributed by atoms with van der Waals surface area (Å²) in [5.74, 6) is -0.769. The quantitative estimate of drug-likeness (QED) is 0.680. The number of carboxylic acids is 1. The first-order valence-electron chi connectivity index (χ1n) is 3.38. The van der Waals surface area contributed by atoms with E-state index < -0.39 is 5.97 Å². The molecular weight excluding hydrogens is 203 g/mol. The Kier molecular flexibility index (Phi) is 7.83. The summed E-state index contributed by atoms with van der Waals surface area (Å²) in [6.07, 6.45) is 0.924. The van der Waals surface area contributed by atoms with E-state index in [0.29, 0.717) is 0 Å². The largest absolute Gasteiger partial charge is 0.480 e. The van der Waals surface area contributed by atoms with E-state index >= 15 is 0 Å². The number of rotatable bonds is 2. The van der Waals surface area contributed by atoms with Crippen LogP contribution in [-0.2, 0) is 4.79 Å². The molecule has 74 valence electrons. The van der Waals surface area contributed by atoms with E-state index in [2.05, 4.69) is 0 Å². The summed E-state index contributed by atoms with van der Waals surface area (Å²) < 4.78 is 0. The van der Waals surface area contributed by atoms with Gasteiger partial charge in [0, 0.05) is 19.1 Å². The Balaban J connectivity index is 0. The van der Waals surface area contributed by atoms with Crippen molar-refractivity contribution in [3.63, 3.8) is 0 Å². The second-order valence-electron chi connectivity index (χ2n) is 2.68. The lowest BCUT2D eigenvalue weighted by Crippen LogP contribution is -2.30.